The lowest BCUT2D eigenvalue weighted by Crippen LogP contribution is -2.25. The summed E-state index contributed by atoms with van der Waals surface area (Å²) in [6, 6.07) is 9.77. The highest BCUT2D eigenvalue weighted by molar-refractivity contribution is 6.02. The van der Waals surface area contributed by atoms with Crippen molar-refractivity contribution < 1.29 is 33.3 Å². The van der Waals surface area contributed by atoms with Crippen molar-refractivity contribution in [3.63, 3.8) is 0 Å². The van der Waals surface area contributed by atoms with Crippen molar-refractivity contribution in [3.8, 4) is 17.2 Å². The SMILES string of the molecule is COc1ccc(OC)c(/C=C/C(=O)OCC(=O)c2ccc3c(c2)NC(=O)CO3)c1. The molecule has 1 amide bonds. The second-order valence-corrected chi connectivity index (χ2v) is 6.02. The topological polar surface area (TPSA) is 100 Å². The van der Waals surface area contributed by atoms with Gasteiger partial charge in [-0.3, -0.25) is 9.59 Å². The fourth-order valence-corrected chi connectivity index (χ4v) is 2.65. The van der Waals surface area contributed by atoms with Crippen molar-refractivity contribution in [2.75, 3.05) is 32.8 Å². The summed E-state index contributed by atoms with van der Waals surface area (Å²) in [6.45, 7) is -0.506. The van der Waals surface area contributed by atoms with Crippen LogP contribution in [-0.4, -0.2) is 45.1 Å². The Kier molecular flexibility index (Phi) is 6.13. The first kappa shape index (κ1) is 19.9. The smallest absolute Gasteiger partial charge is 0.331 e. The van der Waals surface area contributed by atoms with E-state index in [4.69, 9.17) is 18.9 Å². The largest absolute Gasteiger partial charge is 0.497 e. The molecule has 0 spiro atoms. The first-order chi connectivity index (χ1) is 14.0. The summed E-state index contributed by atoms with van der Waals surface area (Å²) in [4.78, 5) is 35.6. The zero-order chi connectivity index (χ0) is 20.8. The Labute approximate surface area is 167 Å². The van der Waals surface area contributed by atoms with E-state index in [-0.39, 0.29) is 12.5 Å². The number of rotatable bonds is 7. The van der Waals surface area contributed by atoms with Gasteiger partial charge in [-0.15, -0.1) is 0 Å². The summed E-state index contributed by atoms with van der Waals surface area (Å²) in [5.41, 5.74) is 1.32. The number of anilines is 1. The summed E-state index contributed by atoms with van der Waals surface area (Å²) in [6.07, 6.45) is 2.71. The predicted octanol–water partition coefficient (Wildman–Crippen LogP) is 2.47. The fourth-order valence-electron chi connectivity index (χ4n) is 2.65. The van der Waals surface area contributed by atoms with Gasteiger partial charge in [0.2, 0.25) is 0 Å². The maximum Gasteiger partial charge on any atom is 0.331 e. The van der Waals surface area contributed by atoms with Crippen LogP contribution in [0.1, 0.15) is 15.9 Å². The molecule has 0 saturated carbocycles. The van der Waals surface area contributed by atoms with Crippen molar-refractivity contribution in [2.24, 2.45) is 0 Å². The first-order valence-electron chi connectivity index (χ1n) is 8.67. The van der Waals surface area contributed by atoms with Crippen LogP contribution in [0.25, 0.3) is 6.08 Å². The number of nitrogens with one attached hydrogen (secondary N) is 1. The number of fused-ring (bicyclic) bond motifs is 1. The number of benzene rings is 2. The van der Waals surface area contributed by atoms with Gasteiger partial charge in [-0.05, 0) is 42.5 Å². The minimum atomic E-state index is -0.683. The first-order valence-corrected chi connectivity index (χ1v) is 8.67. The third kappa shape index (κ3) is 4.92. The van der Waals surface area contributed by atoms with Gasteiger partial charge < -0.3 is 24.3 Å². The van der Waals surface area contributed by atoms with E-state index in [1.165, 1.54) is 32.4 Å². The van der Waals surface area contributed by atoms with Gasteiger partial charge in [-0.25, -0.2) is 4.79 Å². The normalized spacial score (nSPS) is 12.6. The molecule has 8 heteroatoms. The molecule has 0 atom stereocenters. The van der Waals surface area contributed by atoms with Crippen LogP contribution in [-0.2, 0) is 14.3 Å². The van der Waals surface area contributed by atoms with E-state index in [1.54, 1.807) is 30.3 Å². The van der Waals surface area contributed by atoms with Crippen LogP contribution in [0.2, 0.25) is 0 Å². The van der Waals surface area contributed by atoms with E-state index in [1.807, 2.05) is 0 Å². The molecule has 3 rings (SSSR count). The van der Waals surface area contributed by atoms with Crippen molar-refractivity contribution >= 4 is 29.4 Å². The Hall–Kier alpha value is -3.81. The summed E-state index contributed by atoms with van der Waals surface area (Å²) < 4.78 is 20.6. The zero-order valence-corrected chi connectivity index (χ0v) is 15.9. The molecule has 150 valence electrons. The summed E-state index contributed by atoms with van der Waals surface area (Å²) >= 11 is 0. The van der Waals surface area contributed by atoms with Gasteiger partial charge in [0, 0.05) is 17.2 Å². The molecule has 2 aromatic rings. The summed E-state index contributed by atoms with van der Waals surface area (Å²) in [7, 11) is 3.05. The summed E-state index contributed by atoms with van der Waals surface area (Å²) in [5.74, 6) is 0.257. The monoisotopic (exact) mass is 397 g/mol. The van der Waals surface area contributed by atoms with Crippen LogP contribution in [0.5, 0.6) is 17.2 Å². The summed E-state index contributed by atoms with van der Waals surface area (Å²) in [5, 5.41) is 2.62. The van der Waals surface area contributed by atoms with Gasteiger partial charge in [-0.2, -0.15) is 0 Å². The van der Waals surface area contributed by atoms with E-state index in [2.05, 4.69) is 5.32 Å². The fraction of sp³-hybridized carbons (Fsp3) is 0.190. The number of hydrogen-bond acceptors (Lipinski definition) is 7. The lowest BCUT2D eigenvalue weighted by atomic mass is 10.1. The quantitative estimate of drug-likeness (QED) is 0.435. The number of methoxy groups -OCH3 is 2. The molecule has 0 fully saturated rings. The van der Waals surface area contributed by atoms with Crippen LogP contribution in [0, 0.1) is 0 Å². The van der Waals surface area contributed by atoms with Crippen LogP contribution in [0.3, 0.4) is 0 Å². The van der Waals surface area contributed by atoms with E-state index < -0.39 is 18.4 Å². The Morgan fingerprint density at radius 3 is 2.72 bits per heavy atom. The van der Waals surface area contributed by atoms with E-state index in [0.29, 0.717) is 34.1 Å². The minimum Gasteiger partial charge on any atom is -0.497 e. The number of Topliss-reactive ketones (excluding diaryl/α,β-unsaturated/α-hetero) is 1. The molecule has 2 aromatic carbocycles. The van der Waals surface area contributed by atoms with Crippen molar-refractivity contribution in [3.05, 3.63) is 53.6 Å². The van der Waals surface area contributed by atoms with Gasteiger partial charge in [0.05, 0.1) is 19.9 Å². The molecule has 1 aliphatic rings. The minimum absolute atomic E-state index is 0.0671. The molecule has 0 radical (unpaired) electrons. The van der Waals surface area contributed by atoms with Crippen molar-refractivity contribution in [1.82, 2.24) is 0 Å². The molecule has 0 saturated heterocycles. The average Bonchev–Trinajstić information content (AvgIpc) is 2.75. The van der Waals surface area contributed by atoms with E-state index >= 15 is 0 Å². The molecule has 1 aliphatic heterocycles. The molecule has 1 heterocycles. The Morgan fingerprint density at radius 1 is 1.14 bits per heavy atom. The van der Waals surface area contributed by atoms with E-state index in [9.17, 15) is 14.4 Å². The lowest BCUT2D eigenvalue weighted by Gasteiger charge is -2.18. The van der Waals surface area contributed by atoms with Gasteiger partial charge in [0.15, 0.2) is 19.0 Å². The third-order valence-corrected chi connectivity index (χ3v) is 4.12. The molecule has 0 unspecified atom stereocenters. The highest BCUT2D eigenvalue weighted by Gasteiger charge is 2.18. The molecule has 0 aliphatic carbocycles. The van der Waals surface area contributed by atoms with Crippen LogP contribution >= 0.6 is 0 Å². The number of carbonyl (C=O) groups is 3. The van der Waals surface area contributed by atoms with Crippen LogP contribution in [0.4, 0.5) is 5.69 Å². The van der Waals surface area contributed by atoms with Crippen LogP contribution in [0.15, 0.2) is 42.5 Å². The van der Waals surface area contributed by atoms with Crippen molar-refractivity contribution in [2.45, 2.75) is 0 Å². The van der Waals surface area contributed by atoms with Gasteiger partial charge in [0.25, 0.3) is 5.91 Å². The Bertz CT molecular complexity index is 981. The average molecular weight is 397 g/mol. The maximum atomic E-state index is 12.3. The highest BCUT2D eigenvalue weighted by atomic mass is 16.5. The number of ether oxygens (including phenoxy) is 4. The second-order valence-electron chi connectivity index (χ2n) is 6.02. The standard InChI is InChI=1S/C21H19NO7/c1-26-15-5-7-18(27-2)14(9-15)4-8-21(25)29-11-17(23)13-3-6-19-16(10-13)22-20(24)12-28-19/h3-10H,11-12H2,1-2H3,(H,22,24)/b8-4+. The molecule has 0 bridgehead atoms. The number of amides is 1. The highest BCUT2D eigenvalue weighted by Crippen LogP contribution is 2.28. The molecular formula is C21H19NO7. The van der Waals surface area contributed by atoms with E-state index in [0.717, 1.165) is 0 Å². The van der Waals surface area contributed by atoms with Gasteiger partial charge in [-0.1, -0.05) is 0 Å². The molecule has 0 aromatic heterocycles. The van der Waals surface area contributed by atoms with Gasteiger partial charge >= 0.3 is 5.97 Å². The van der Waals surface area contributed by atoms with Crippen molar-refractivity contribution in [1.29, 1.82) is 0 Å². The Morgan fingerprint density at radius 2 is 1.97 bits per heavy atom. The zero-order valence-electron chi connectivity index (χ0n) is 15.9. The third-order valence-electron chi connectivity index (χ3n) is 4.12. The number of carbonyl (C=O) groups excluding carboxylic acids is 3. The molecule has 29 heavy (non-hydrogen) atoms. The molecule has 8 nitrogen and oxygen atoms in total. The molecular weight excluding hydrogens is 378 g/mol. The number of ketones is 1. The molecule has 1 N–H and O–H groups in total. The lowest BCUT2D eigenvalue weighted by molar-refractivity contribution is -0.136. The van der Waals surface area contributed by atoms with Gasteiger partial charge in [0.1, 0.15) is 17.2 Å². The second kappa shape index (κ2) is 8.92. The Balaban J connectivity index is 1.61. The van der Waals surface area contributed by atoms with Crippen LogP contribution < -0.4 is 19.5 Å². The predicted molar refractivity (Wildman–Crippen MR) is 104 cm³/mol. The number of esters is 1. The maximum absolute atomic E-state index is 12.3. The number of hydrogen-bond donors (Lipinski definition) is 1.